The van der Waals surface area contributed by atoms with Crippen LogP contribution < -0.4 is 14.8 Å². The number of amides is 3. The van der Waals surface area contributed by atoms with Crippen molar-refractivity contribution in [3.63, 3.8) is 0 Å². The fourth-order valence-electron chi connectivity index (χ4n) is 3.43. The summed E-state index contributed by atoms with van der Waals surface area (Å²) in [6.45, 7) is 2.05. The molecule has 1 aromatic carbocycles. The second kappa shape index (κ2) is 7.09. The molecule has 0 aromatic heterocycles. The molecule has 2 heterocycles. The molecule has 1 N–H and O–H groups in total. The SMILES string of the molecule is COc1ccc([C@H]2CCCN2CC(=O)N2CCNC2=O)c(OC)c1. The van der Waals surface area contributed by atoms with Crippen LogP contribution in [0.25, 0.3) is 0 Å². The first kappa shape index (κ1) is 16.6. The van der Waals surface area contributed by atoms with Crippen LogP contribution in [0.5, 0.6) is 11.5 Å². The maximum atomic E-state index is 12.4. The van der Waals surface area contributed by atoms with Gasteiger partial charge in [0, 0.05) is 30.8 Å². The van der Waals surface area contributed by atoms with Gasteiger partial charge in [-0.2, -0.15) is 0 Å². The molecular weight excluding hydrogens is 310 g/mol. The number of nitrogens with zero attached hydrogens (tertiary/aromatic N) is 2. The average molecular weight is 333 g/mol. The van der Waals surface area contributed by atoms with Crippen molar-refractivity contribution in [1.82, 2.24) is 15.1 Å². The number of hydrogen-bond donors (Lipinski definition) is 1. The molecule has 7 heteroatoms. The van der Waals surface area contributed by atoms with E-state index in [-0.39, 0.29) is 24.5 Å². The van der Waals surface area contributed by atoms with Crippen LogP contribution in [-0.4, -0.2) is 62.1 Å². The van der Waals surface area contributed by atoms with Gasteiger partial charge in [0.1, 0.15) is 11.5 Å². The van der Waals surface area contributed by atoms with Crippen molar-refractivity contribution in [2.45, 2.75) is 18.9 Å². The highest BCUT2D eigenvalue weighted by atomic mass is 16.5. The van der Waals surface area contributed by atoms with Crippen LogP contribution in [0.3, 0.4) is 0 Å². The first-order valence-corrected chi connectivity index (χ1v) is 8.18. The highest BCUT2D eigenvalue weighted by Crippen LogP contribution is 2.38. The monoisotopic (exact) mass is 333 g/mol. The van der Waals surface area contributed by atoms with Crippen LogP contribution in [0.2, 0.25) is 0 Å². The molecule has 0 aliphatic carbocycles. The number of urea groups is 1. The van der Waals surface area contributed by atoms with Crippen molar-refractivity contribution < 1.29 is 19.1 Å². The van der Waals surface area contributed by atoms with Gasteiger partial charge in [-0.25, -0.2) is 4.79 Å². The number of likely N-dealkylation sites (tertiary alicyclic amines) is 1. The molecule has 0 spiro atoms. The van der Waals surface area contributed by atoms with Crippen molar-refractivity contribution in [1.29, 1.82) is 0 Å². The van der Waals surface area contributed by atoms with E-state index < -0.39 is 0 Å². The van der Waals surface area contributed by atoms with Gasteiger partial charge in [-0.3, -0.25) is 14.6 Å². The zero-order valence-corrected chi connectivity index (χ0v) is 14.1. The molecule has 2 aliphatic heterocycles. The standard InChI is InChI=1S/C17H23N3O4/c1-23-12-5-6-13(15(10-12)24-2)14-4-3-8-19(14)11-16(21)20-9-7-18-17(20)22/h5-6,10,14H,3-4,7-9,11H2,1-2H3,(H,18,22)/t14-/m1/s1. The minimum absolute atomic E-state index is 0.112. The number of ether oxygens (including phenoxy) is 2. The van der Waals surface area contributed by atoms with E-state index in [9.17, 15) is 9.59 Å². The van der Waals surface area contributed by atoms with Crippen LogP contribution in [0.15, 0.2) is 18.2 Å². The van der Waals surface area contributed by atoms with Crippen molar-refractivity contribution in [3.8, 4) is 11.5 Å². The minimum Gasteiger partial charge on any atom is -0.497 e. The maximum absolute atomic E-state index is 12.4. The molecular formula is C17H23N3O4. The Bertz CT molecular complexity index is 634. The fourth-order valence-corrected chi connectivity index (χ4v) is 3.43. The molecule has 1 atom stereocenters. The molecule has 3 amide bonds. The number of methoxy groups -OCH3 is 2. The quantitative estimate of drug-likeness (QED) is 0.882. The number of hydrogen-bond acceptors (Lipinski definition) is 5. The van der Waals surface area contributed by atoms with E-state index in [0.717, 1.165) is 36.4 Å². The third-order valence-corrected chi connectivity index (χ3v) is 4.66. The topological polar surface area (TPSA) is 71.1 Å². The summed E-state index contributed by atoms with van der Waals surface area (Å²) in [6.07, 6.45) is 1.97. The Kier molecular flexibility index (Phi) is 4.89. The summed E-state index contributed by atoms with van der Waals surface area (Å²) < 4.78 is 10.8. The third kappa shape index (κ3) is 3.17. The Balaban J connectivity index is 1.76. The first-order valence-electron chi connectivity index (χ1n) is 8.18. The molecule has 2 fully saturated rings. The zero-order valence-electron chi connectivity index (χ0n) is 14.1. The summed E-state index contributed by atoms with van der Waals surface area (Å²) in [7, 11) is 3.26. The van der Waals surface area contributed by atoms with E-state index in [1.54, 1.807) is 14.2 Å². The van der Waals surface area contributed by atoms with Gasteiger partial charge in [-0.15, -0.1) is 0 Å². The number of benzene rings is 1. The van der Waals surface area contributed by atoms with Crippen LogP contribution in [0.4, 0.5) is 4.79 Å². The number of carbonyl (C=O) groups excluding carboxylic acids is 2. The summed E-state index contributed by atoms with van der Waals surface area (Å²) in [5.74, 6) is 1.35. The maximum Gasteiger partial charge on any atom is 0.324 e. The minimum atomic E-state index is -0.294. The van der Waals surface area contributed by atoms with E-state index in [2.05, 4.69) is 10.2 Å². The van der Waals surface area contributed by atoms with Gasteiger partial charge in [-0.05, 0) is 25.5 Å². The lowest BCUT2D eigenvalue weighted by Gasteiger charge is -2.27. The largest absolute Gasteiger partial charge is 0.497 e. The van der Waals surface area contributed by atoms with Crippen LogP contribution in [0.1, 0.15) is 24.4 Å². The van der Waals surface area contributed by atoms with Crippen molar-refractivity contribution in [2.75, 3.05) is 40.4 Å². The number of rotatable bonds is 5. The van der Waals surface area contributed by atoms with Gasteiger partial charge in [0.05, 0.1) is 20.8 Å². The summed E-state index contributed by atoms with van der Waals surface area (Å²) in [4.78, 5) is 27.5. The molecule has 130 valence electrons. The van der Waals surface area contributed by atoms with Gasteiger partial charge in [0.15, 0.2) is 0 Å². The van der Waals surface area contributed by atoms with E-state index in [1.165, 1.54) is 4.90 Å². The Morgan fingerprint density at radius 1 is 1.29 bits per heavy atom. The van der Waals surface area contributed by atoms with E-state index in [0.29, 0.717) is 13.1 Å². The van der Waals surface area contributed by atoms with Crippen molar-refractivity contribution in [3.05, 3.63) is 23.8 Å². The van der Waals surface area contributed by atoms with E-state index in [4.69, 9.17) is 9.47 Å². The summed E-state index contributed by atoms with van der Waals surface area (Å²) in [5, 5.41) is 2.66. The molecule has 1 aromatic rings. The van der Waals surface area contributed by atoms with Gasteiger partial charge in [-0.1, -0.05) is 6.07 Å². The highest BCUT2D eigenvalue weighted by Gasteiger charge is 2.33. The van der Waals surface area contributed by atoms with Crippen LogP contribution in [0, 0.1) is 0 Å². The number of carbonyl (C=O) groups is 2. The molecule has 24 heavy (non-hydrogen) atoms. The summed E-state index contributed by atoms with van der Waals surface area (Å²) >= 11 is 0. The third-order valence-electron chi connectivity index (χ3n) is 4.66. The van der Waals surface area contributed by atoms with Gasteiger partial charge in [0.25, 0.3) is 0 Å². The fraction of sp³-hybridized carbons (Fsp3) is 0.529. The smallest absolute Gasteiger partial charge is 0.324 e. The Morgan fingerprint density at radius 3 is 2.79 bits per heavy atom. The lowest BCUT2D eigenvalue weighted by molar-refractivity contribution is -0.129. The second-order valence-corrected chi connectivity index (χ2v) is 6.01. The lowest BCUT2D eigenvalue weighted by Crippen LogP contribution is -2.41. The van der Waals surface area contributed by atoms with Gasteiger partial charge >= 0.3 is 6.03 Å². The normalized spacial score (nSPS) is 21.0. The van der Waals surface area contributed by atoms with Gasteiger partial charge in [0.2, 0.25) is 5.91 Å². The predicted molar refractivity (Wildman–Crippen MR) is 88.2 cm³/mol. The van der Waals surface area contributed by atoms with E-state index >= 15 is 0 Å². The van der Waals surface area contributed by atoms with Gasteiger partial charge < -0.3 is 14.8 Å². The molecule has 0 bridgehead atoms. The number of imide groups is 1. The first-order chi connectivity index (χ1) is 11.6. The van der Waals surface area contributed by atoms with Crippen molar-refractivity contribution in [2.24, 2.45) is 0 Å². The molecule has 7 nitrogen and oxygen atoms in total. The zero-order chi connectivity index (χ0) is 17.1. The van der Waals surface area contributed by atoms with Crippen LogP contribution in [-0.2, 0) is 4.79 Å². The Hall–Kier alpha value is -2.28. The van der Waals surface area contributed by atoms with Crippen molar-refractivity contribution >= 4 is 11.9 Å². The molecule has 0 radical (unpaired) electrons. The predicted octanol–water partition coefficient (Wildman–Crippen LogP) is 1.39. The van der Waals surface area contributed by atoms with Crippen LogP contribution >= 0.6 is 0 Å². The molecule has 2 aliphatic rings. The summed E-state index contributed by atoms with van der Waals surface area (Å²) in [5.41, 5.74) is 1.05. The molecule has 0 unspecified atom stereocenters. The molecule has 3 rings (SSSR count). The summed E-state index contributed by atoms with van der Waals surface area (Å²) in [6, 6.07) is 5.58. The Morgan fingerprint density at radius 2 is 2.12 bits per heavy atom. The lowest BCUT2D eigenvalue weighted by atomic mass is 10.0. The molecule has 2 saturated heterocycles. The second-order valence-electron chi connectivity index (χ2n) is 6.01. The average Bonchev–Trinajstić information content (AvgIpc) is 3.23. The number of nitrogens with one attached hydrogen (secondary N) is 1. The Labute approximate surface area is 141 Å². The van der Waals surface area contributed by atoms with E-state index in [1.807, 2.05) is 18.2 Å². The molecule has 0 saturated carbocycles. The highest BCUT2D eigenvalue weighted by molar-refractivity contribution is 5.96.